The van der Waals surface area contributed by atoms with E-state index in [1.54, 1.807) is 12.1 Å². The lowest BCUT2D eigenvalue weighted by atomic mass is 9.98. The van der Waals surface area contributed by atoms with Crippen molar-refractivity contribution in [3.05, 3.63) is 29.6 Å². The summed E-state index contributed by atoms with van der Waals surface area (Å²) in [5, 5.41) is 3.51. The predicted octanol–water partition coefficient (Wildman–Crippen LogP) is 2.91. The molecule has 0 radical (unpaired) electrons. The molecule has 1 aliphatic heterocycles. The van der Waals surface area contributed by atoms with E-state index in [0.717, 1.165) is 24.9 Å². The van der Waals surface area contributed by atoms with Gasteiger partial charge in [0, 0.05) is 6.04 Å². The van der Waals surface area contributed by atoms with Crippen molar-refractivity contribution in [1.29, 1.82) is 0 Å². The summed E-state index contributed by atoms with van der Waals surface area (Å²) in [5.41, 5.74) is 1.05. The van der Waals surface area contributed by atoms with Crippen molar-refractivity contribution < 1.29 is 9.13 Å². The van der Waals surface area contributed by atoms with Gasteiger partial charge in [-0.25, -0.2) is 4.39 Å². The van der Waals surface area contributed by atoms with Crippen molar-refractivity contribution in [2.24, 2.45) is 0 Å². The summed E-state index contributed by atoms with van der Waals surface area (Å²) < 4.78 is 18.4. The number of hydrogen-bond acceptors (Lipinski definition) is 2. The van der Waals surface area contributed by atoms with E-state index >= 15 is 0 Å². The minimum Gasteiger partial charge on any atom is -0.494 e. The molecule has 1 fully saturated rings. The topological polar surface area (TPSA) is 21.3 Å². The van der Waals surface area contributed by atoms with Gasteiger partial charge >= 0.3 is 0 Å². The summed E-state index contributed by atoms with van der Waals surface area (Å²) in [5.74, 6) is 0.0612. The fourth-order valence-electron chi connectivity index (χ4n) is 2.38. The third-order valence-electron chi connectivity index (χ3n) is 3.41. The molecule has 1 saturated heterocycles. The monoisotopic (exact) mass is 237 g/mol. The van der Waals surface area contributed by atoms with Gasteiger partial charge in [0.05, 0.1) is 7.11 Å². The van der Waals surface area contributed by atoms with Gasteiger partial charge in [-0.3, -0.25) is 0 Å². The van der Waals surface area contributed by atoms with Crippen LogP contribution in [0.5, 0.6) is 5.75 Å². The molecule has 94 valence electrons. The molecule has 1 aliphatic rings. The molecule has 17 heavy (non-hydrogen) atoms. The van der Waals surface area contributed by atoms with Gasteiger partial charge in [0.25, 0.3) is 0 Å². The Kier molecular flexibility index (Phi) is 4.37. The van der Waals surface area contributed by atoms with Gasteiger partial charge in [0.2, 0.25) is 0 Å². The zero-order valence-electron chi connectivity index (χ0n) is 10.3. The number of methoxy groups -OCH3 is 1. The van der Waals surface area contributed by atoms with Gasteiger partial charge in [-0.05, 0) is 49.9 Å². The van der Waals surface area contributed by atoms with E-state index in [-0.39, 0.29) is 5.82 Å². The SMILES string of the molecule is COc1ccc(CCC2CCCCN2)cc1F. The van der Waals surface area contributed by atoms with E-state index in [4.69, 9.17) is 4.74 Å². The summed E-state index contributed by atoms with van der Waals surface area (Å²) in [6, 6.07) is 5.85. The van der Waals surface area contributed by atoms with Crippen molar-refractivity contribution in [1.82, 2.24) is 5.32 Å². The molecule has 1 aromatic carbocycles. The zero-order chi connectivity index (χ0) is 12.1. The molecule has 1 heterocycles. The number of hydrogen-bond donors (Lipinski definition) is 1. The van der Waals surface area contributed by atoms with Gasteiger partial charge in [0.15, 0.2) is 11.6 Å². The molecule has 1 N–H and O–H groups in total. The molecule has 1 unspecified atom stereocenters. The molecule has 0 saturated carbocycles. The van der Waals surface area contributed by atoms with Crippen molar-refractivity contribution in [3.8, 4) is 5.75 Å². The smallest absolute Gasteiger partial charge is 0.165 e. The largest absolute Gasteiger partial charge is 0.494 e. The lowest BCUT2D eigenvalue weighted by Crippen LogP contribution is -2.34. The van der Waals surface area contributed by atoms with Gasteiger partial charge in [-0.1, -0.05) is 12.5 Å². The van der Waals surface area contributed by atoms with Crippen molar-refractivity contribution in [2.45, 2.75) is 38.1 Å². The highest BCUT2D eigenvalue weighted by Gasteiger charge is 2.12. The second-order valence-electron chi connectivity index (χ2n) is 4.65. The number of nitrogens with one attached hydrogen (secondary N) is 1. The summed E-state index contributed by atoms with van der Waals surface area (Å²) in [6.45, 7) is 1.13. The van der Waals surface area contributed by atoms with Crippen LogP contribution in [0.25, 0.3) is 0 Å². The summed E-state index contributed by atoms with van der Waals surface area (Å²) >= 11 is 0. The van der Waals surface area contributed by atoms with Gasteiger partial charge in [-0.15, -0.1) is 0 Å². The maximum Gasteiger partial charge on any atom is 0.165 e. The van der Waals surface area contributed by atoms with E-state index < -0.39 is 0 Å². The Bertz CT molecular complexity index is 361. The second kappa shape index (κ2) is 6.01. The quantitative estimate of drug-likeness (QED) is 0.869. The third-order valence-corrected chi connectivity index (χ3v) is 3.41. The average molecular weight is 237 g/mol. The molecule has 1 atom stereocenters. The van der Waals surface area contributed by atoms with Crippen LogP contribution in [0, 0.1) is 5.82 Å². The molecule has 0 aromatic heterocycles. The van der Waals surface area contributed by atoms with Crippen molar-refractivity contribution >= 4 is 0 Å². The van der Waals surface area contributed by atoms with Crippen LogP contribution < -0.4 is 10.1 Å². The average Bonchev–Trinajstić information content (AvgIpc) is 2.38. The Balaban J connectivity index is 1.87. The van der Waals surface area contributed by atoms with E-state index in [2.05, 4.69) is 5.32 Å². The Hall–Kier alpha value is -1.09. The Labute approximate surface area is 102 Å². The van der Waals surface area contributed by atoms with E-state index in [0.29, 0.717) is 11.8 Å². The maximum atomic E-state index is 13.5. The number of ether oxygens (including phenoxy) is 1. The highest BCUT2D eigenvalue weighted by Crippen LogP contribution is 2.20. The van der Waals surface area contributed by atoms with Crippen molar-refractivity contribution in [3.63, 3.8) is 0 Å². The first-order valence-electron chi connectivity index (χ1n) is 6.35. The molecule has 0 aliphatic carbocycles. The normalized spacial score (nSPS) is 20.2. The Morgan fingerprint density at radius 1 is 1.41 bits per heavy atom. The summed E-state index contributed by atoms with van der Waals surface area (Å²) in [6.07, 6.45) is 5.87. The van der Waals surface area contributed by atoms with E-state index in [9.17, 15) is 4.39 Å². The Morgan fingerprint density at radius 3 is 2.94 bits per heavy atom. The number of rotatable bonds is 4. The van der Waals surface area contributed by atoms with Crippen LogP contribution in [-0.2, 0) is 6.42 Å². The van der Waals surface area contributed by atoms with Crippen LogP contribution in [0.1, 0.15) is 31.2 Å². The van der Waals surface area contributed by atoms with Crippen LogP contribution >= 0.6 is 0 Å². The fourth-order valence-corrected chi connectivity index (χ4v) is 2.38. The first kappa shape index (κ1) is 12.4. The number of aryl methyl sites for hydroxylation is 1. The van der Waals surface area contributed by atoms with Crippen LogP contribution in [0.3, 0.4) is 0 Å². The molecule has 0 spiro atoms. The summed E-state index contributed by atoms with van der Waals surface area (Å²) in [4.78, 5) is 0. The second-order valence-corrected chi connectivity index (χ2v) is 4.65. The Morgan fingerprint density at radius 2 is 2.29 bits per heavy atom. The van der Waals surface area contributed by atoms with E-state index in [1.807, 2.05) is 6.07 Å². The molecule has 1 aromatic rings. The first-order chi connectivity index (χ1) is 8.29. The first-order valence-corrected chi connectivity index (χ1v) is 6.35. The van der Waals surface area contributed by atoms with Crippen molar-refractivity contribution in [2.75, 3.05) is 13.7 Å². The number of benzene rings is 1. The number of piperidine rings is 1. The summed E-state index contributed by atoms with van der Waals surface area (Å²) in [7, 11) is 1.49. The van der Waals surface area contributed by atoms with Crippen LogP contribution in [0.2, 0.25) is 0 Å². The van der Waals surface area contributed by atoms with Crippen LogP contribution in [0.4, 0.5) is 4.39 Å². The molecular weight excluding hydrogens is 217 g/mol. The van der Waals surface area contributed by atoms with Crippen LogP contribution in [0.15, 0.2) is 18.2 Å². The lowest BCUT2D eigenvalue weighted by Gasteiger charge is -2.23. The van der Waals surface area contributed by atoms with Crippen LogP contribution in [-0.4, -0.2) is 19.7 Å². The zero-order valence-corrected chi connectivity index (χ0v) is 10.3. The molecule has 3 heteroatoms. The minimum absolute atomic E-state index is 0.262. The molecular formula is C14H20FNO. The maximum absolute atomic E-state index is 13.5. The minimum atomic E-state index is -0.262. The molecule has 0 bridgehead atoms. The van der Waals surface area contributed by atoms with Gasteiger partial charge in [0.1, 0.15) is 0 Å². The highest BCUT2D eigenvalue weighted by molar-refractivity contribution is 5.29. The molecule has 2 rings (SSSR count). The highest BCUT2D eigenvalue weighted by atomic mass is 19.1. The van der Waals surface area contributed by atoms with Gasteiger partial charge in [-0.2, -0.15) is 0 Å². The fraction of sp³-hybridized carbons (Fsp3) is 0.571. The third kappa shape index (κ3) is 3.43. The van der Waals surface area contributed by atoms with E-state index in [1.165, 1.54) is 26.4 Å². The number of halogens is 1. The molecule has 2 nitrogen and oxygen atoms in total. The lowest BCUT2D eigenvalue weighted by molar-refractivity contribution is 0.380. The predicted molar refractivity (Wildman–Crippen MR) is 66.9 cm³/mol. The standard InChI is InChI=1S/C14H20FNO/c1-17-14-8-6-11(10-13(14)15)5-7-12-4-2-3-9-16-12/h6,8,10,12,16H,2-5,7,9H2,1H3. The van der Waals surface area contributed by atoms with Gasteiger partial charge < -0.3 is 10.1 Å². The molecule has 0 amide bonds.